The molecule has 1 amide bonds. The summed E-state index contributed by atoms with van der Waals surface area (Å²) in [5, 5.41) is 0.700. The maximum Gasteiger partial charge on any atom is 0.228 e. The number of halogens is 1. The first-order valence-corrected chi connectivity index (χ1v) is 6.03. The summed E-state index contributed by atoms with van der Waals surface area (Å²) in [6.07, 6.45) is 0.522. The molecule has 1 aliphatic rings. The largest absolute Gasteiger partial charge is 0.490 e. The SMILES string of the molecule is O=C(CCBr)N1CCOc2ccccc21. The van der Waals surface area contributed by atoms with E-state index in [4.69, 9.17) is 4.74 Å². The maximum absolute atomic E-state index is 11.8. The maximum atomic E-state index is 11.8. The Labute approximate surface area is 97.2 Å². The molecule has 0 saturated heterocycles. The van der Waals surface area contributed by atoms with Crippen LogP contribution < -0.4 is 9.64 Å². The van der Waals surface area contributed by atoms with Gasteiger partial charge in [0, 0.05) is 11.8 Å². The van der Waals surface area contributed by atoms with Crippen LogP contribution in [-0.2, 0) is 4.79 Å². The van der Waals surface area contributed by atoms with Crippen LogP contribution in [0.15, 0.2) is 24.3 Å². The van der Waals surface area contributed by atoms with E-state index >= 15 is 0 Å². The molecule has 1 aromatic carbocycles. The first-order valence-electron chi connectivity index (χ1n) is 4.91. The van der Waals surface area contributed by atoms with Crippen LogP contribution in [0.3, 0.4) is 0 Å². The van der Waals surface area contributed by atoms with Gasteiger partial charge in [-0.15, -0.1) is 0 Å². The third-order valence-electron chi connectivity index (χ3n) is 2.34. The molecule has 1 heterocycles. The number of nitrogens with zero attached hydrogens (tertiary/aromatic N) is 1. The Morgan fingerprint density at radius 2 is 2.27 bits per heavy atom. The summed E-state index contributed by atoms with van der Waals surface area (Å²) in [5.74, 6) is 0.939. The zero-order valence-electron chi connectivity index (χ0n) is 8.28. The molecule has 0 unspecified atom stereocenters. The Hall–Kier alpha value is -1.03. The molecule has 3 nitrogen and oxygen atoms in total. The number of alkyl halides is 1. The van der Waals surface area contributed by atoms with Gasteiger partial charge < -0.3 is 9.64 Å². The van der Waals surface area contributed by atoms with Crippen molar-refractivity contribution in [2.45, 2.75) is 6.42 Å². The molecule has 0 aliphatic carbocycles. The lowest BCUT2D eigenvalue weighted by Crippen LogP contribution is -2.37. The highest BCUT2D eigenvalue weighted by atomic mass is 79.9. The number of rotatable bonds is 2. The summed E-state index contributed by atoms with van der Waals surface area (Å²) in [6, 6.07) is 7.64. The van der Waals surface area contributed by atoms with Gasteiger partial charge in [0.2, 0.25) is 5.91 Å². The van der Waals surface area contributed by atoms with E-state index in [1.54, 1.807) is 4.90 Å². The van der Waals surface area contributed by atoms with E-state index in [1.165, 1.54) is 0 Å². The second-order valence-electron chi connectivity index (χ2n) is 3.30. The molecular weight excluding hydrogens is 258 g/mol. The van der Waals surface area contributed by atoms with E-state index in [9.17, 15) is 4.79 Å². The molecule has 4 heteroatoms. The molecular formula is C11H12BrNO2. The molecule has 0 N–H and O–H groups in total. The highest BCUT2D eigenvalue weighted by molar-refractivity contribution is 9.09. The Morgan fingerprint density at radius 1 is 1.47 bits per heavy atom. The predicted octanol–water partition coefficient (Wildman–Crippen LogP) is 2.20. The van der Waals surface area contributed by atoms with Gasteiger partial charge in [-0.1, -0.05) is 28.1 Å². The fourth-order valence-corrected chi connectivity index (χ4v) is 1.98. The van der Waals surface area contributed by atoms with Crippen molar-refractivity contribution in [2.24, 2.45) is 0 Å². The van der Waals surface area contributed by atoms with E-state index < -0.39 is 0 Å². The second kappa shape index (κ2) is 4.66. The van der Waals surface area contributed by atoms with Crippen LogP contribution in [0.5, 0.6) is 5.75 Å². The van der Waals surface area contributed by atoms with Crippen molar-refractivity contribution in [2.75, 3.05) is 23.4 Å². The van der Waals surface area contributed by atoms with E-state index in [-0.39, 0.29) is 5.91 Å². The first-order chi connectivity index (χ1) is 7.33. The van der Waals surface area contributed by atoms with Gasteiger partial charge in [-0.3, -0.25) is 4.79 Å². The third kappa shape index (κ3) is 2.15. The number of carbonyl (C=O) groups excluding carboxylic acids is 1. The molecule has 0 radical (unpaired) electrons. The number of ether oxygens (including phenoxy) is 1. The number of carbonyl (C=O) groups is 1. The van der Waals surface area contributed by atoms with Crippen LogP contribution in [0.1, 0.15) is 6.42 Å². The molecule has 0 fully saturated rings. The zero-order chi connectivity index (χ0) is 10.7. The van der Waals surface area contributed by atoms with Gasteiger partial charge in [-0.2, -0.15) is 0 Å². The van der Waals surface area contributed by atoms with Crippen molar-refractivity contribution in [1.29, 1.82) is 0 Å². The van der Waals surface area contributed by atoms with Crippen LogP contribution in [0.2, 0.25) is 0 Å². The van der Waals surface area contributed by atoms with Gasteiger partial charge >= 0.3 is 0 Å². The second-order valence-corrected chi connectivity index (χ2v) is 4.09. The van der Waals surface area contributed by atoms with Crippen molar-refractivity contribution >= 4 is 27.5 Å². The number of hydrogen-bond acceptors (Lipinski definition) is 2. The summed E-state index contributed by atoms with van der Waals surface area (Å²) in [4.78, 5) is 13.6. The topological polar surface area (TPSA) is 29.5 Å². The minimum Gasteiger partial charge on any atom is -0.490 e. The van der Waals surface area contributed by atoms with Crippen molar-refractivity contribution in [1.82, 2.24) is 0 Å². The standard InChI is InChI=1S/C11H12BrNO2/c12-6-5-11(14)13-7-8-15-10-4-2-1-3-9(10)13/h1-4H,5-8H2. The molecule has 1 aliphatic heterocycles. The predicted molar refractivity (Wildman–Crippen MR) is 62.7 cm³/mol. The molecule has 15 heavy (non-hydrogen) atoms. The fourth-order valence-electron chi connectivity index (χ4n) is 1.64. The molecule has 2 rings (SSSR count). The number of benzene rings is 1. The van der Waals surface area contributed by atoms with Crippen molar-refractivity contribution in [3.05, 3.63) is 24.3 Å². The average Bonchev–Trinajstić information content (AvgIpc) is 2.28. The number of anilines is 1. The van der Waals surface area contributed by atoms with Gasteiger partial charge in [-0.25, -0.2) is 0 Å². The number of fused-ring (bicyclic) bond motifs is 1. The number of hydrogen-bond donors (Lipinski definition) is 0. The van der Waals surface area contributed by atoms with Crippen LogP contribution in [0, 0.1) is 0 Å². The van der Waals surface area contributed by atoms with Gasteiger partial charge in [0.25, 0.3) is 0 Å². The van der Waals surface area contributed by atoms with E-state index in [1.807, 2.05) is 24.3 Å². The molecule has 80 valence electrons. The minimum absolute atomic E-state index is 0.141. The van der Waals surface area contributed by atoms with E-state index in [2.05, 4.69) is 15.9 Å². The molecule has 0 bridgehead atoms. The van der Waals surface area contributed by atoms with Gasteiger partial charge in [0.05, 0.1) is 12.2 Å². The van der Waals surface area contributed by atoms with Crippen LogP contribution >= 0.6 is 15.9 Å². The lowest BCUT2D eigenvalue weighted by atomic mass is 10.2. The number of para-hydroxylation sites is 2. The Bertz CT molecular complexity index is 367. The van der Waals surface area contributed by atoms with Crippen LogP contribution in [0.4, 0.5) is 5.69 Å². The molecule has 0 saturated carbocycles. The van der Waals surface area contributed by atoms with Gasteiger partial charge in [0.15, 0.2) is 0 Å². The van der Waals surface area contributed by atoms with Gasteiger partial charge in [-0.05, 0) is 12.1 Å². The first kappa shape index (κ1) is 10.5. The third-order valence-corrected chi connectivity index (χ3v) is 2.73. The van der Waals surface area contributed by atoms with E-state index in [0.717, 1.165) is 11.4 Å². The fraction of sp³-hybridized carbons (Fsp3) is 0.364. The monoisotopic (exact) mass is 269 g/mol. The molecule has 0 atom stereocenters. The van der Waals surface area contributed by atoms with Crippen LogP contribution in [-0.4, -0.2) is 24.4 Å². The van der Waals surface area contributed by atoms with Gasteiger partial charge in [0.1, 0.15) is 12.4 Å². The van der Waals surface area contributed by atoms with Crippen LogP contribution in [0.25, 0.3) is 0 Å². The summed E-state index contributed by atoms with van der Waals surface area (Å²) in [6.45, 7) is 1.22. The molecule has 0 aromatic heterocycles. The Morgan fingerprint density at radius 3 is 3.07 bits per heavy atom. The zero-order valence-corrected chi connectivity index (χ0v) is 9.87. The van der Waals surface area contributed by atoms with Crippen molar-refractivity contribution in [3.8, 4) is 5.75 Å². The molecule has 0 spiro atoms. The normalized spacial score (nSPS) is 14.3. The summed E-state index contributed by atoms with van der Waals surface area (Å²) < 4.78 is 5.48. The molecule has 1 aromatic rings. The minimum atomic E-state index is 0.141. The highest BCUT2D eigenvalue weighted by Gasteiger charge is 2.22. The number of amides is 1. The summed E-state index contributed by atoms with van der Waals surface area (Å²) in [7, 11) is 0. The Kier molecular flexibility index (Phi) is 3.26. The summed E-state index contributed by atoms with van der Waals surface area (Å²) >= 11 is 3.28. The highest BCUT2D eigenvalue weighted by Crippen LogP contribution is 2.31. The lowest BCUT2D eigenvalue weighted by molar-refractivity contribution is -0.118. The lowest BCUT2D eigenvalue weighted by Gasteiger charge is -2.29. The van der Waals surface area contributed by atoms with Crippen molar-refractivity contribution < 1.29 is 9.53 Å². The quantitative estimate of drug-likeness (QED) is 0.771. The van der Waals surface area contributed by atoms with E-state index in [0.29, 0.717) is 24.9 Å². The van der Waals surface area contributed by atoms with Crippen molar-refractivity contribution in [3.63, 3.8) is 0 Å². The Balaban J connectivity index is 2.25. The average molecular weight is 270 g/mol. The summed E-state index contributed by atoms with van der Waals surface area (Å²) in [5.41, 5.74) is 0.884. The smallest absolute Gasteiger partial charge is 0.228 e.